The lowest BCUT2D eigenvalue weighted by Crippen LogP contribution is -2.25. The Morgan fingerprint density at radius 3 is 2.78 bits per heavy atom. The van der Waals surface area contributed by atoms with Crippen LogP contribution >= 0.6 is 0 Å². The van der Waals surface area contributed by atoms with Crippen molar-refractivity contribution < 1.29 is 9.53 Å². The van der Waals surface area contributed by atoms with Gasteiger partial charge in [-0.2, -0.15) is 0 Å². The van der Waals surface area contributed by atoms with E-state index in [0.29, 0.717) is 30.7 Å². The van der Waals surface area contributed by atoms with Crippen LogP contribution in [0.2, 0.25) is 0 Å². The highest BCUT2D eigenvalue weighted by Gasteiger charge is 2.21. The minimum absolute atomic E-state index is 0.149. The van der Waals surface area contributed by atoms with Crippen LogP contribution in [0.5, 0.6) is 0 Å². The van der Waals surface area contributed by atoms with Crippen molar-refractivity contribution in [3.63, 3.8) is 0 Å². The molecule has 6 nitrogen and oxygen atoms in total. The average molecular weight is 250 g/mol. The van der Waals surface area contributed by atoms with Gasteiger partial charge in [0.2, 0.25) is 5.95 Å². The summed E-state index contributed by atoms with van der Waals surface area (Å²) < 4.78 is 4.90. The molecule has 1 amide bonds. The highest BCUT2D eigenvalue weighted by molar-refractivity contribution is 5.93. The van der Waals surface area contributed by atoms with Crippen LogP contribution in [0, 0.1) is 0 Å². The van der Waals surface area contributed by atoms with Crippen molar-refractivity contribution in [2.24, 2.45) is 0 Å². The largest absolute Gasteiger partial charge is 0.385 e. The van der Waals surface area contributed by atoms with Crippen molar-refractivity contribution in [1.29, 1.82) is 0 Å². The lowest BCUT2D eigenvalue weighted by Gasteiger charge is -2.05. The monoisotopic (exact) mass is 250 g/mol. The molecule has 2 rings (SSSR count). The van der Waals surface area contributed by atoms with E-state index in [1.165, 1.54) is 12.8 Å². The van der Waals surface area contributed by atoms with Crippen LogP contribution in [0.15, 0.2) is 12.4 Å². The number of amides is 1. The van der Waals surface area contributed by atoms with Crippen LogP contribution in [-0.4, -0.2) is 42.2 Å². The maximum absolute atomic E-state index is 11.7. The summed E-state index contributed by atoms with van der Waals surface area (Å²) in [5.41, 5.74) is 0.480. The smallest absolute Gasteiger partial charge is 0.254 e. The predicted molar refractivity (Wildman–Crippen MR) is 67.5 cm³/mol. The molecule has 0 atom stereocenters. The van der Waals surface area contributed by atoms with Gasteiger partial charge in [0.15, 0.2) is 0 Å². The van der Waals surface area contributed by atoms with E-state index in [0.717, 1.165) is 6.42 Å². The van der Waals surface area contributed by atoms with Crippen LogP contribution in [-0.2, 0) is 4.74 Å². The van der Waals surface area contributed by atoms with E-state index in [4.69, 9.17) is 4.74 Å². The molecule has 1 aliphatic rings. The molecule has 6 heteroatoms. The highest BCUT2D eigenvalue weighted by atomic mass is 16.5. The van der Waals surface area contributed by atoms with Crippen molar-refractivity contribution in [2.45, 2.75) is 25.3 Å². The quantitative estimate of drug-likeness (QED) is 0.701. The maximum atomic E-state index is 11.7. The molecule has 0 aromatic carbocycles. The molecule has 2 N–H and O–H groups in total. The Morgan fingerprint density at radius 2 is 2.17 bits per heavy atom. The predicted octanol–water partition coefficient (Wildman–Crippen LogP) is 0.817. The molecule has 1 fully saturated rings. The number of nitrogens with one attached hydrogen (secondary N) is 2. The molecule has 0 saturated heterocycles. The molecular formula is C12H18N4O2. The maximum Gasteiger partial charge on any atom is 0.254 e. The number of carbonyl (C=O) groups excluding carboxylic acids is 1. The molecule has 1 aromatic rings. The highest BCUT2D eigenvalue weighted by Crippen LogP contribution is 2.22. The third-order valence-corrected chi connectivity index (χ3v) is 2.64. The van der Waals surface area contributed by atoms with Gasteiger partial charge in [-0.15, -0.1) is 0 Å². The van der Waals surface area contributed by atoms with E-state index < -0.39 is 0 Å². The number of hydrogen-bond acceptors (Lipinski definition) is 5. The van der Waals surface area contributed by atoms with Gasteiger partial charge in [0, 0.05) is 38.7 Å². The average Bonchev–Trinajstić information content (AvgIpc) is 3.19. The summed E-state index contributed by atoms with van der Waals surface area (Å²) in [4.78, 5) is 19.9. The fourth-order valence-corrected chi connectivity index (χ4v) is 1.45. The van der Waals surface area contributed by atoms with Gasteiger partial charge >= 0.3 is 0 Å². The minimum Gasteiger partial charge on any atom is -0.385 e. The van der Waals surface area contributed by atoms with Gasteiger partial charge in [-0.25, -0.2) is 9.97 Å². The lowest BCUT2D eigenvalue weighted by atomic mass is 10.3. The second-order valence-electron chi connectivity index (χ2n) is 4.32. The van der Waals surface area contributed by atoms with E-state index in [-0.39, 0.29) is 5.91 Å². The molecule has 0 bridgehead atoms. The normalized spacial score (nSPS) is 14.3. The number of nitrogens with zero attached hydrogens (tertiary/aromatic N) is 2. The Morgan fingerprint density at radius 1 is 1.44 bits per heavy atom. The lowest BCUT2D eigenvalue weighted by molar-refractivity contribution is 0.0948. The summed E-state index contributed by atoms with van der Waals surface area (Å²) in [5, 5.41) is 5.96. The zero-order valence-electron chi connectivity index (χ0n) is 10.5. The van der Waals surface area contributed by atoms with Crippen molar-refractivity contribution >= 4 is 11.9 Å². The molecular weight excluding hydrogens is 232 g/mol. The molecule has 0 aliphatic heterocycles. The second kappa shape index (κ2) is 6.30. The number of hydrogen-bond donors (Lipinski definition) is 2. The van der Waals surface area contributed by atoms with Crippen LogP contribution in [0.1, 0.15) is 29.6 Å². The van der Waals surface area contributed by atoms with Crippen molar-refractivity contribution in [2.75, 3.05) is 25.6 Å². The molecule has 1 heterocycles. The third-order valence-electron chi connectivity index (χ3n) is 2.64. The van der Waals surface area contributed by atoms with Gasteiger partial charge in [-0.3, -0.25) is 4.79 Å². The summed E-state index contributed by atoms with van der Waals surface area (Å²) >= 11 is 0. The number of aromatic nitrogens is 2. The molecule has 1 aliphatic carbocycles. The van der Waals surface area contributed by atoms with E-state index >= 15 is 0 Å². The Hall–Kier alpha value is -1.69. The van der Waals surface area contributed by atoms with Crippen LogP contribution in [0.25, 0.3) is 0 Å². The summed E-state index contributed by atoms with van der Waals surface area (Å²) in [7, 11) is 1.64. The molecule has 1 aromatic heterocycles. The first kappa shape index (κ1) is 12.8. The summed E-state index contributed by atoms with van der Waals surface area (Å²) in [6, 6.07) is 0.513. The SMILES string of the molecule is COCCCNC(=O)c1cnc(NC2CC2)nc1. The first-order valence-corrected chi connectivity index (χ1v) is 6.15. The fraction of sp³-hybridized carbons (Fsp3) is 0.583. The Bertz CT molecular complexity index is 390. The summed E-state index contributed by atoms with van der Waals surface area (Å²) in [6.45, 7) is 1.23. The summed E-state index contributed by atoms with van der Waals surface area (Å²) in [6.07, 6.45) is 6.23. The molecule has 18 heavy (non-hydrogen) atoms. The standard InChI is InChI=1S/C12H18N4O2/c1-18-6-2-5-13-11(17)9-7-14-12(15-8-9)16-10-3-4-10/h7-8,10H,2-6H2,1H3,(H,13,17)(H,14,15,16). The fourth-order valence-electron chi connectivity index (χ4n) is 1.45. The van der Waals surface area contributed by atoms with Crippen molar-refractivity contribution in [1.82, 2.24) is 15.3 Å². The number of anilines is 1. The van der Waals surface area contributed by atoms with Gasteiger partial charge in [0.25, 0.3) is 5.91 Å². The minimum atomic E-state index is -0.149. The first-order chi connectivity index (χ1) is 8.79. The van der Waals surface area contributed by atoms with Crippen LogP contribution in [0.4, 0.5) is 5.95 Å². The van der Waals surface area contributed by atoms with Gasteiger partial charge in [0.05, 0.1) is 5.56 Å². The first-order valence-electron chi connectivity index (χ1n) is 6.15. The molecule has 0 radical (unpaired) electrons. The summed E-state index contributed by atoms with van der Waals surface area (Å²) in [5.74, 6) is 0.442. The van der Waals surface area contributed by atoms with Crippen molar-refractivity contribution in [3.05, 3.63) is 18.0 Å². The molecule has 0 spiro atoms. The number of rotatable bonds is 7. The van der Waals surface area contributed by atoms with E-state index in [2.05, 4.69) is 20.6 Å². The van der Waals surface area contributed by atoms with Crippen molar-refractivity contribution in [3.8, 4) is 0 Å². The Balaban J connectivity index is 1.78. The number of methoxy groups -OCH3 is 1. The van der Waals surface area contributed by atoms with Crippen LogP contribution in [0.3, 0.4) is 0 Å². The van der Waals surface area contributed by atoms with Gasteiger partial charge in [-0.05, 0) is 19.3 Å². The zero-order valence-corrected chi connectivity index (χ0v) is 10.5. The molecule has 98 valence electrons. The second-order valence-corrected chi connectivity index (χ2v) is 4.32. The zero-order chi connectivity index (χ0) is 12.8. The Labute approximate surface area is 106 Å². The third kappa shape index (κ3) is 3.96. The van der Waals surface area contributed by atoms with Gasteiger partial charge in [0.1, 0.15) is 0 Å². The topological polar surface area (TPSA) is 76.1 Å². The molecule has 1 saturated carbocycles. The number of carbonyl (C=O) groups is 1. The van der Waals surface area contributed by atoms with E-state index in [9.17, 15) is 4.79 Å². The van der Waals surface area contributed by atoms with Crippen LogP contribution < -0.4 is 10.6 Å². The van der Waals surface area contributed by atoms with E-state index in [1.807, 2.05) is 0 Å². The van der Waals surface area contributed by atoms with Gasteiger partial charge in [-0.1, -0.05) is 0 Å². The van der Waals surface area contributed by atoms with Gasteiger partial charge < -0.3 is 15.4 Å². The molecule has 0 unspecified atom stereocenters. The van der Waals surface area contributed by atoms with E-state index in [1.54, 1.807) is 19.5 Å². The Kier molecular flexibility index (Phi) is 4.46. The number of ether oxygens (including phenoxy) is 1.